The third-order valence-electron chi connectivity index (χ3n) is 2.36. The summed E-state index contributed by atoms with van der Waals surface area (Å²) in [5.74, 6) is -0.585. The Morgan fingerprint density at radius 2 is 2.33 bits per heavy atom. The molecule has 1 fully saturated rings. The van der Waals surface area contributed by atoms with E-state index in [0.717, 1.165) is 12.8 Å². The lowest BCUT2D eigenvalue weighted by molar-refractivity contribution is -0.141. The Kier molecular flexibility index (Phi) is 3.00. The first kappa shape index (κ1) is 9.42. The van der Waals surface area contributed by atoms with E-state index >= 15 is 0 Å². The lowest BCUT2D eigenvalue weighted by Crippen LogP contribution is -2.33. The van der Waals surface area contributed by atoms with E-state index in [-0.39, 0.29) is 0 Å². The molecule has 1 amide bonds. The zero-order valence-electron chi connectivity index (χ0n) is 7.09. The maximum atomic E-state index is 11.9. The van der Waals surface area contributed by atoms with E-state index in [1.54, 1.807) is 0 Å². The van der Waals surface area contributed by atoms with E-state index < -0.39 is 12.3 Å². The van der Waals surface area contributed by atoms with Crippen molar-refractivity contribution >= 4 is 5.91 Å². The molecule has 1 rings (SSSR count). The van der Waals surface area contributed by atoms with E-state index in [9.17, 15) is 13.6 Å². The van der Waals surface area contributed by atoms with Gasteiger partial charge in [0.05, 0.1) is 0 Å². The van der Waals surface area contributed by atoms with Crippen LogP contribution in [0.4, 0.5) is 8.78 Å². The van der Waals surface area contributed by atoms with Crippen molar-refractivity contribution in [2.45, 2.75) is 26.2 Å². The smallest absolute Gasteiger partial charge is 0.315 e. The van der Waals surface area contributed by atoms with Crippen molar-refractivity contribution in [1.82, 2.24) is 4.90 Å². The summed E-state index contributed by atoms with van der Waals surface area (Å²) in [6.07, 6.45) is -0.997. The highest BCUT2D eigenvalue weighted by Crippen LogP contribution is 2.20. The number of amides is 1. The second-order valence-corrected chi connectivity index (χ2v) is 3.15. The van der Waals surface area contributed by atoms with Crippen LogP contribution in [0.25, 0.3) is 0 Å². The van der Waals surface area contributed by atoms with Gasteiger partial charge in [0.15, 0.2) is 0 Å². The maximum absolute atomic E-state index is 11.9. The number of carbonyl (C=O) groups is 1. The van der Waals surface area contributed by atoms with Crippen LogP contribution in [0.15, 0.2) is 0 Å². The van der Waals surface area contributed by atoms with Crippen molar-refractivity contribution in [3.8, 4) is 0 Å². The van der Waals surface area contributed by atoms with Crippen LogP contribution in [0.5, 0.6) is 0 Å². The Labute approximate surface area is 70.5 Å². The quantitative estimate of drug-likeness (QED) is 0.626. The van der Waals surface area contributed by atoms with Crippen LogP contribution in [0.1, 0.15) is 19.8 Å². The molecule has 0 aliphatic carbocycles. The maximum Gasteiger partial charge on any atom is 0.315 e. The minimum Gasteiger partial charge on any atom is -0.337 e. The molecule has 0 N–H and O–H groups in total. The highest BCUT2D eigenvalue weighted by Gasteiger charge is 2.29. The Bertz CT molecular complexity index is 172. The molecule has 1 saturated heterocycles. The Hall–Kier alpha value is -0.670. The molecular formula is C8H13F2NO. The number of likely N-dealkylation sites (tertiary alicyclic amines) is 1. The van der Waals surface area contributed by atoms with Crippen molar-refractivity contribution in [2.75, 3.05) is 13.1 Å². The molecule has 0 bridgehead atoms. The summed E-state index contributed by atoms with van der Waals surface area (Å²) in [5, 5.41) is 0. The van der Waals surface area contributed by atoms with Gasteiger partial charge in [-0.2, -0.15) is 8.78 Å². The van der Waals surface area contributed by atoms with Gasteiger partial charge < -0.3 is 4.90 Å². The summed E-state index contributed by atoms with van der Waals surface area (Å²) in [5.41, 5.74) is 0. The number of hydrogen-bond donors (Lipinski definition) is 0. The first-order valence-electron chi connectivity index (χ1n) is 4.22. The van der Waals surface area contributed by atoms with Gasteiger partial charge in [0.25, 0.3) is 5.91 Å². The summed E-state index contributed by atoms with van der Waals surface area (Å²) in [6, 6.07) is 0. The molecule has 0 aromatic heterocycles. The molecule has 1 heterocycles. The van der Waals surface area contributed by atoms with Crippen LogP contribution in [0.3, 0.4) is 0 Å². The van der Waals surface area contributed by atoms with E-state index in [1.165, 1.54) is 4.90 Å². The third-order valence-corrected chi connectivity index (χ3v) is 2.36. The van der Waals surface area contributed by atoms with E-state index in [4.69, 9.17) is 0 Å². The molecule has 1 aliphatic rings. The molecule has 1 atom stereocenters. The average Bonchev–Trinajstić information content (AvgIpc) is 2.50. The van der Waals surface area contributed by atoms with Gasteiger partial charge in [-0.1, -0.05) is 13.3 Å². The van der Waals surface area contributed by atoms with Gasteiger partial charge in [0.2, 0.25) is 0 Å². The second-order valence-electron chi connectivity index (χ2n) is 3.15. The van der Waals surface area contributed by atoms with E-state index in [1.807, 2.05) is 6.92 Å². The van der Waals surface area contributed by atoms with E-state index in [0.29, 0.717) is 19.0 Å². The topological polar surface area (TPSA) is 20.3 Å². The summed E-state index contributed by atoms with van der Waals surface area (Å²) < 4.78 is 23.8. The molecule has 1 aliphatic heterocycles. The molecule has 0 aromatic carbocycles. The lowest BCUT2D eigenvalue weighted by Gasteiger charge is -2.14. The molecule has 4 heteroatoms. The molecule has 70 valence electrons. The van der Waals surface area contributed by atoms with Gasteiger partial charge in [-0.25, -0.2) is 0 Å². The van der Waals surface area contributed by atoms with Gasteiger partial charge in [-0.05, 0) is 12.3 Å². The first-order chi connectivity index (χ1) is 5.65. The SMILES string of the molecule is CCC1CCN(C(=O)C(F)F)C1. The number of hydrogen-bond acceptors (Lipinski definition) is 1. The average molecular weight is 177 g/mol. The molecule has 0 radical (unpaired) electrons. The van der Waals surface area contributed by atoms with Crippen molar-refractivity contribution in [1.29, 1.82) is 0 Å². The number of nitrogens with zero attached hydrogens (tertiary/aromatic N) is 1. The van der Waals surface area contributed by atoms with Gasteiger partial charge in [-0.15, -0.1) is 0 Å². The highest BCUT2D eigenvalue weighted by atomic mass is 19.3. The monoisotopic (exact) mass is 177 g/mol. The highest BCUT2D eigenvalue weighted by molar-refractivity contribution is 5.79. The zero-order chi connectivity index (χ0) is 9.14. The van der Waals surface area contributed by atoms with Crippen LogP contribution < -0.4 is 0 Å². The van der Waals surface area contributed by atoms with Gasteiger partial charge in [-0.3, -0.25) is 4.79 Å². The summed E-state index contributed by atoms with van der Waals surface area (Å²) in [7, 11) is 0. The Morgan fingerprint density at radius 1 is 1.67 bits per heavy atom. The molecule has 12 heavy (non-hydrogen) atoms. The summed E-state index contributed by atoms with van der Waals surface area (Å²) in [6.45, 7) is 3.03. The van der Waals surface area contributed by atoms with E-state index in [2.05, 4.69) is 0 Å². The predicted octanol–water partition coefficient (Wildman–Crippen LogP) is 1.51. The fourth-order valence-corrected chi connectivity index (χ4v) is 1.50. The number of halogens is 2. The normalized spacial score (nSPS) is 23.7. The van der Waals surface area contributed by atoms with Crippen molar-refractivity contribution in [2.24, 2.45) is 5.92 Å². The van der Waals surface area contributed by atoms with Crippen molar-refractivity contribution in [3.05, 3.63) is 0 Å². The van der Waals surface area contributed by atoms with Crippen LogP contribution in [-0.2, 0) is 4.79 Å². The summed E-state index contributed by atoms with van der Waals surface area (Å²) in [4.78, 5) is 12.0. The Morgan fingerprint density at radius 3 is 2.75 bits per heavy atom. The molecule has 0 saturated carbocycles. The molecule has 2 nitrogen and oxygen atoms in total. The predicted molar refractivity (Wildman–Crippen MR) is 41.0 cm³/mol. The fourth-order valence-electron chi connectivity index (χ4n) is 1.50. The minimum absolute atomic E-state index is 0.424. The van der Waals surface area contributed by atoms with Crippen molar-refractivity contribution in [3.63, 3.8) is 0 Å². The molecular weight excluding hydrogens is 164 g/mol. The zero-order valence-corrected chi connectivity index (χ0v) is 7.09. The minimum atomic E-state index is -2.83. The van der Waals surface area contributed by atoms with Gasteiger partial charge in [0.1, 0.15) is 0 Å². The molecule has 1 unspecified atom stereocenters. The first-order valence-corrected chi connectivity index (χ1v) is 4.22. The summed E-state index contributed by atoms with van der Waals surface area (Å²) >= 11 is 0. The van der Waals surface area contributed by atoms with Gasteiger partial charge in [0, 0.05) is 13.1 Å². The standard InChI is InChI=1S/C8H13F2NO/c1-2-6-3-4-11(5-6)8(12)7(9)10/h6-7H,2-5H2,1H3. The lowest BCUT2D eigenvalue weighted by atomic mass is 10.1. The van der Waals surface area contributed by atoms with Crippen LogP contribution in [0.2, 0.25) is 0 Å². The van der Waals surface area contributed by atoms with Crippen LogP contribution >= 0.6 is 0 Å². The fraction of sp³-hybridized carbons (Fsp3) is 0.875. The number of carbonyl (C=O) groups excluding carboxylic acids is 1. The van der Waals surface area contributed by atoms with Crippen LogP contribution in [0, 0.1) is 5.92 Å². The molecule has 0 spiro atoms. The van der Waals surface area contributed by atoms with Crippen molar-refractivity contribution < 1.29 is 13.6 Å². The third kappa shape index (κ3) is 1.93. The number of rotatable bonds is 2. The largest absolute Gasteiger partial charge is 0.337 e. The molecule has 0 aromatic rings. The second kappa shape index (κ2) is 3.83. The number of alkyl halides is 2. The van der Waals surface area contributed by atoms with Gasteiger partial charge >= 0.3 is 6.43 Å². The van der Waals surface area contributed by atoms with Crippen LogP contribution in [-0.4, -0.2) is 30.3 Å². The Balaban J connectivity index is 2.41.